The molecule has 3 atom stereocenters. The second kappa shape index (κ2) is 9.97. The van der Waals surface area contributed by atoms with Gasteiger partial charge < -0.3 is 24.6 Å². The molecular weight excluding hydrogens is 463 g/mol. The molecule has 1 aliphatic heterocycles. The largest absolute Gasteiger partial charge is 0.507 e. The normalized spacial score (nSPS) is 20.9. The van der Waals surface area contributed by atoms with Gasteiger partial charge in [0.15, 0.2) is 0 Å². The van der Waals surface area contributed by atoms with Crippen molar-refractivity contribution >= 4 is 5.91 Å². The molecule has 0 radical (unpaired) electrons. The molecule has 35 heavy (non-hydrogen) atoms. The Morgan fingerprint density at radius 2 is 1.89 bits per heavy atom. The molecule has 190 valence electrons. The number of piperidine rings is 1. The maximum absolute atomic E-state index is 13.3. The third-order valence-electron chi connectivity index (χ3n) is 7.06. The molecule has 1 amide bonds. The number of carbonyl (C=O) groups is 1. The van der Waals surface area contributed by atoms with Crippen molar-refractivity contribution in [3.05, 3.63) is 52.6 Å². The van der Waals surface area contributed by atoms with Gasteiger partial charge in [0.25, 0.3) is 0 Å². The number of amides is 1. The molecular formula is C26H30F3NO5. The van der Waals surface area contributed by atoms with Gasteiger partial charge in [-0.25, -0.2) is 0 Å². The fourth-order valence-corrected chi connectivity index (χ4v) is 5.22. The molecule has 0 bridgehead atoms. The van der Waals surface area contributed by atoms with Crippen LogP contribution in [0, 0.1) is 5.92 Å². The first-order chi connectivity index (χ1) is 16.6. The molecule has 0 aromatic heterocycles. The molecule has 2 aliphatic rings. The smallest absolute Gasteiger partial charge is 0.393 e. The Morgan fingerprint density at radius 1 is 1.14 bits per heavy atom. The lowest BCUT2D eigenvalue weighted by Gasteiger charge is -2.35. The van der Waals surface area contributed by atoms with E-state index in [9.17, 15) is 28.2 Å². The van der Waals surface area contributed by atoms with Gasteiger partial charge in [-0.05, 0) is 42.4 Å². The Labute approximate surface area is 202 Å². The lowest BCUT2D eigenvalue weighted by Crippen LogP contribution is -2.45. The van der Waals surface area contributed by atoms with E-state index in [4.69, 9.17) is 9.47 Å². The zero-order valence-electron chi connectivity index (χ0n) is 19.8. The molecule has 3 unspecified atom stereocenters. The quantitative estimate of drug-likeness (QED) is 0.631. The van der Waals surface area contributed by atoms with E-state index in [0.717, 1.165) is 11.1 Å². The summed E-state index contributed by atoms with van der Waals surface area (Å²) in [4.78, 5) is 14.6. The summed E-state index contributed by atoms with van der Waals surface area (Å²) in [6.45, 7) is -0.0998. The van der Waals surface area contributed by atoms with Crippen molar-refractivity contribution in [2.24, 2.45) is 5.92 Å². The lowest BCUT2D eigenvalue weighted by molar-refractivity contribution is -0.188. The van der Waals surface area contributed by atoms with Crippen LogP contribution in [-0.2, 0) is 17.6 Å². The van der Waals surface area contributed by atoms with Crippen LogP contribution in [0.5, 0.6) is 17.2 Å². The molecule has 1 aliphatic carbocycles. The zero-order valence-corrected chi connectivity index (χ0v) is 19.8. The van der Waals surface area contributed by atoms with Gasteiger partial charge in [-0.1, -0.05) is 18.2 Å². The van der Waals surface area contributed by atoms with E-state index in [-0.39, 0.29) is 38.1 Å². The average molecular weight is 494 g/mol. The third-order valence-corrected chi connectivity index (χ3v) is 7.06. The number of alkyl halides is 3. The van der Waals surface area contributed by atoms with Gasteiger partial charge >= 0.3 is 6.18 Å². The van der Waals surface area contributed by atoms with E-state index < -0.39 is 30.0 Å². The number of methoxy groups -OCH3 is 2. The minimum Gasteiger partial charge on any atom is -0.507 e. The number of aromatic hydroxyl groups is 1. The summed E-state index contributed by atoms with van der Waals surface area (Å²) in [5.74, 6) is -2.07. The molecule has 9 heteroatoms. The number of hydrogen-bond acceptors (Lipinski definition) is 5. The fraction of sp³-hybridized carbons (Fsp3) is 0.500. The number of nitrogens with zero attached hydrogens (tertiary/aromatic N) is 1. The van der Waals surface area contributed by atoms with Gasteiger partial charge in [0.2, 0.25) is 5.91 Å². The molecule has 0 saturated carbocycles. The Balaban J connectivity index is 1.71. The Bertz CT molecular complexity index is 1090. The first kappa shape index (κ1) is 25.2. The minimum atomic E-state index is -4.35. The molecule has 2 aromatic rings. The van der Waals surface area contributed by atoms with Crippen LogP contribution in [0.2, 0.25) is 0 Å². The maximum atomic E-state index is 13.3. The van der Waals surface area contributed by atoms with Crippen LogP contribution in [0.25, 0.3) is 0 Å². The van der Waals surface area contributed by atoms with E-state index in [0.29, 0.717) is 35.5 Å². The maximum Gasteiger partial charge on any atom is 0.393 e. The number of hydrogen-bond donors (Lipinski definition) is 2. The molecule has 0 spiro atoms. The number of ether oxygens (including phenoxy) is 2. The predicted octanol–water partition coefficient (Wildman–Crippen LogP) is 4.19. The van der Waals surface area contributed by atoms with Crippen LogP contribution in [0.1, 0.15) is 47.4 Å². The summed E-state index contributed by atoms with van der Waals surface area (Å²) in [5, 5.41) is 21.0. The van der Waals surface area contributed by atoms with Crippen molar-refractivity contribution in [1.29, 1.82) is 0 Å². The third kappa shape index (κ3) is 5.34. The van der Waals surface area contributed by atoms with Crippen LogP contribution in [0.3, 0.4) is 0 Å². The Kier molecular flexibility index (Phi) is 7.17. The molecule has 2 aromatic carbocycles. The lowest BCUT2D eigenvalue weighted by atomic mass is 9.85. The number of aliphatic hydroxyl groups is 1. The molecule has 1 heterocycles. The molecule has 1 fully saturated rings. The predicted molar refractivity (Wildman–Crippen MR) is 123 cm³/mol. The van der Waals surface area contributed by atoms with Crippen molar-refractivity contribution in [3.8, 4) is 17.2 Å². The molecule has 2 N–H and O–H groups in total. The number of aliphatic hydroxyl groups excluding tert-OH is 1. The Morgan fingerprint density at radius 3 is 2.57 bits per heavy atom. The Hall–Kier alpha value is -2.94. The summed E-state index contributed by atoms with van der Waals surface area (Å²) in [5.41, 5.74) is 3.05. The van der Waals surface area contributed by atoms with Gasteiger partial charge in [0.1, 0.15) is 17.2 Å². The van der Waals surface area contributed by atoms with Crippen LogP contribution >= 0.6 is 0 Å². The second-order valence-corrected chi connectivity index (χ2v) is 9.33. The monoisotopic (exact) mass is 493 g/mol. The number of fused-ring (bicyclic) bond motifs is 1. The van der Waals surface area contributed by atoms with Crippen molar-refractivity contribution in [1.82, 2.24) is 4.90 Å². The van der Waals surface area contributed by atoms with E-state index in [2.05, 4.69) is 0 Å². The summed E-state index contributed by atoms with van der Waals surface area (Å²) < 4.78 is 50.7. The fourth-order valence-electron chi connectivity index (χ4n) is 5.22. The standard InChI is InChI=1S/C26H30F3NO5/c1-34-20-11-22(32)25(23(12-20)35-2)21(16-6-5-15-9-19(31)10-17(15)8-16)13-24(33)30-7-3-4-18(14-30)26(27,28)29/h5-6,8,11-12,18-19,21,31-32H,3-4,7,9-10,13-14H2,1-2H3. The topological polar surface area (TPSA) is 79.2 Å². The van der Waals surface area contributed by atoms with Crippen molar-refractivity contribution < 1.29 is 37.7 Å². The van der Waals surface area contributed by atoms with Crippen molar-refractivity contribution in [2.45, 2.75) is 50.3 Å². The second-order valence-electron chi connectivity index (χ2n) is 9.33. The van der Waals surface area contributed by atoms with Gasteiger partial charge in [-0.3, -0.25) is 4.79 Å². The van der Waals surface area contributed by atoms with E-state index in [1.165, 1.54) is 25.2 Å². The minimum absolute atomic E-state index is 0.0109. The highest BCUT2D eigenvalue weighted by molar-refractivity contribution is 5.78. The summed E-state index contributed by atoms with van der Waals surface area (Å²) >= 11 is 0. The van der Waals surface area contributed by atoms with Gasteiger partial charge in [-0.2, -0.15) is 13.2 Å². The highest BCUT2D eigenvalue weighted by atomic mass is 19.4. The molecule has 4 rings (SSSR count). The average Bonchev–Trinajstić information content (AvgIpc) is 3.20. The van der Waals surface area contributed by atoms with Crippen molar-refractivity contribution in [3.63, 3.8) is 0 Å². The van der Waals surface area contributed by atoms with E-state index in [1.54, 1.807) is 6.07 Å². The van der Waals surface area contributed by atoms with E-state index in [1.807, 2.05) is 18.2 Å². The van der Waals surface area contributed by atoms with E-state index >= 15 is 0 Å². The van der Waals surface area contributed by atoms with Crippen LogP contribution in [0.15, 0.2) is 30.3 Å². The summed E-state index contributed by atoms with van der Waals surface area (Å²) in [6, 6.07) is 8.66. The summed E-state index contributed by atoms with van der Waals surface area (Å²) in [6.07, 6.45) is -3.64. The van der Waals surface area contributed by atoms with Gasteiger partial charge in [0.05, 0.1) is 26.2 Å². The molecule has 1 saturated heterocycles. The number of halogens is 3. The SMILES string of the molecule is COc1cc(O)c(C(CC(=O)N2CCCC(C(F)(F)F)C2)c2ccc3c(c2)CC(O)C3)c(OC)c1. The number of likely N-dealkylation sites (tertiary alicyclic amines) is 1. The van der Waals surface area contributed by atoms with Crippen LogP contribution in [0.4, 0.5) is 13.2 Å². The number of phenols is 1. The first-order valence-electron chi connectivity index (χ1n) is 11.7. The van der Waals surface area contributed by atoms with Gasteiger partial charge in [0, 0.05) is 43.1 Å². The summed E-state index contributed by atoms with van der Waals surface area (Å²) in [7, 11) is 2.89. The number of phenolic OH excluding ortho intramolecular Hbond substituents is 1. The first-order valence-corrected chi connectivity index (χ1v) is 11.7. The highest BCUT2D eigenvalue weighted by Gasteiger charge is 2.43. The number of rotatable bonds is 6. The number of carbonyl (C=O) groups excluding carboxylic acids is 1. The van der Waals surface area contributed by atoms with Gasteiger partial charge in [-0.15, -0.1) is 0 Å². The number of benzene rings is 2. The highest BCUT2D eigenvalue weighted by Crippen LogP contribution is 2.44. The molecule has 6 nitrogen and oxygen atoms in total. The van der Waals surface area contributed by atoms with Crippen molar-refractivity contribution in [2.75, 3.05) is 27.3 Å². The zero-order chi connectivity index (χ0) is 25.3. The van der Waals surface area contributed by atoms with Crippen LogP contribution < -0.4 is 9.47 Å². The van der Waals surface area contributed by atoms with Crippen LogP contribution in [-0.4, -0.2) is 60.6 Å².